The first-order chi connectivity index (χ1) is 52.4. The molecule has 108 heavy (non-hydrogen) atoms. The van der Waals surface area contributed by atoms with Gasteiger partial charge in [-0.3, -0.25) is 37.3 Å². The van der Waals surface area contributed by atoms with Gasteiger partial charge in [-0.15, -0.1) is 0 Å². The lowest BCUT2D eigenvalue weighted by atomic mass is 9.99. The van der Waals surface area contributed by atoms with Crippen LogP contribution in [0.5, 0.6) is 0 Å². The zero-order valence-corrected chi connectivity index (χ0v) is 73.0. The third-order valence-electron chi connectivity index (χ3n) is 21.3. The van der Waals surface area contributed by atoms with E-state index in [1.54, 1.807) is 0 Å². The second-order valence-corrected chi connectivity index (χ2v) is 35.6. The summed E-state index contributed by atoms with van der Waals surface area (Å²) in [7, 11) is -9.93. The van der Waals surface area contributed by atoms with E-state index in [4.69, 9.17) is 37.0 Å². The van der Waals surface area contributed by atoms with E-state index in [-0.39, 0.29) is 25.7 Å². The fraction of sp³-hybridized carbons (Fsp3) is 0.955. The maximum atomic E-state index is 13.2. The fourth-order valence-corrected chi connectivity index (χ4v) is 15.5. The quantitative estimate of drug-likeness (QED) is 0.0222. The van der Waals surface area contributed by atoms with Gasteiger partial charge in [0.15, 0.2) is 12.2 Å². The SMILES string of the molecule is CCCCCCCCCCCCCCCCCCCCCCCC(=O)OC[C@H](COP(=O)(O)OC[C@@H](O)COP(=O)(O)OC[C@@H](COC(=O)CCCCCCCCCCCC(C)C)OC(=O)CCCCCCCCCCCCCCC)OC(=O)CCCCCCCCCCCCCCCCCCCCC(C)CC. The average Bonchev–Trinajstić information content (AvgIpc) is 0.898. The van der Waals surface area contributed by atoms with Crippen LogP contribution in [0.3, 0.4) is 0 Å². The highest BCUT2D eigenvalue weighted by atomic mass is 31.2. The van der Waals surface area contributed by atoms with Crippen molar-refractivity contribution < 1.29 is 80.2 Å². The summed E-state index contributed by atoms with van der Waals surface area (Å²) in [6.45, 7) is 9.73. The zero-order chi connectivity index (χ0) is 79.2. The molecule has 0 radical (unpaired) electrons. The van der Waals surface area contributed by atoms with Gasteiger partial charge in [0.2, 0.25) is 0 Å². The van der Waals surface area contributed by atoms with Crippen LogP contribution in [0.15, 0.2) is 0 Å². The molecule has 6 atom stereocenters. The Morgan fingerprint density at radius 2 is 0.472 bits per heavy atom. The standard InChI is InChI=1S/C89H174O17P2/c1-7-10-12-14-16-18-20-22-23-24-25-26-27-31-34-38-41-47-53-59-65-71-86(91)99-77-84(105-89(94)74-68-62-56-49-43-39-35-32-29-28-30-33-37-40-46-52-58-64-70-82(6)9-3)79-103-107(95,96)101-75-83(90)76-102-108(97,98)104-80-85(78-100-87(92)72-66-60-54-50-44-45-51-57-63-69-81(4)5)106-88(93)73-67-61-55-48-42-36-21-19-17-15-13-11-8-2/h81-85,90H,7-80H2,1-6H3,(H,95,96)(H,97,98)/t82?,83-,84-,85-/m1/s1. The highest BCUT2D eigenvalue weighted by Crippen LogP contribution is 2.45. The molecule has 642 valence electrons. The highest BCUT2D eigenvalue weighted by Gasteiger charge is 2.31. The van der Waals surface area contributed by atoms with Gasteiger partial charge in [0, 0.05) is 25.7 Å². The Balaban J connectivity index is 5.22. The molecule has 3 N–H and O–H groups in total. The number of carbonyl (C=O) groups is 4. The number of ether oxygens (including phenoxy) is 4. The lowest BCUT2D eigenvalue weighted by molar-refractivity contribution is -0.161. The van der Waals surface area contributed by atoms with E-state index < -0.39 is 97.5 Å². The van der Waals surface area contributed by atoms with Crippen molar-refractivity contribution in [3.05, 3.63) is 0 Å². The van der Waals surface area contributed by atoms with Gasteiger partial charge < -0.3 is 33.8 Å². The first kappa shape index (κ1) is 106. The van der Waals surface area contributed by atoms with Crippen LogP contribution in [0.1, 0.15) is 478 Å². The Hall–Kier alpha value is -1.94. The molecule has 0 fully saturated rings. The van der Waals surface area contributed by atoms with Crippen molar-refractivity contribution in [2.24, 2.45) is 11.8 Å². The number of aliphatic hydroxyl groups excluding tert-OH is 1. The molecule has 0 heterocycles. The topological polar surface area (TPSA) is 237 Å². The minimum atomic E-state index is -4.97. The maximum absolute atomic E-state index is 13.2. The molecular formula is C89H174O17P2. The largest absolute Gasteiger partial charge is 0.472 e. The number of rotatable bonds is 88. The van der Waals surface area contributed by atoms with Crippen LogP contribution in [-0.2, 0) is 65.4 Å². The number of esters is 4. The molecule has 3 unspecified atom stereocenters. The van der Waals surface area contributed by atoms with Crippen molar-refractivity contribution in [3.63, 3.8) is 0 Å². The third-order valence-corrected chi connectivity index (χ3v) is 23.2. The summed E-state index contributed by atoms with van der Waals surface area (Å²) in [6.07, 6.45) is 73.7. The van der Waals surface area contributed by atoms with Crippen LogP contribution in [0.4, 0.5) is 0 Å². The Bertz CT molecular complexity index is 2070. The Kier molecular flexibility index (Phi) is 78.8. The maximum Gasteiger partial charge on any atom is 0.472 e. The van der Waals surface area contributed by atoms with Gasteiger partial charge in [-0.1, -0.05) is 427 Å². The van der Waals surface area contributed by atoms with Crippen molar-refractivity contribution in [3.8, 4) is 0 Å². The van der Waals surface area contributed by atoms with Crippen LogP contribution in [0.25, 0.3) is 0 Å². The summed E-state index contributed by atoms with van der Waals surface area (Å²) < 4.78 is 69.0. The van der Waals surface area contributed by atoms with Gasteiger partial charge in [-0.25, -0.2) is 9.13 Å². The first-order valence-electron chi connectivity index (χ1n) is 46.0. The van der Waals surface area contributed by atoms with E-state index >= 15 is 0 Å². The predicted octanol–water partition coefficient (Wildman–Crippen LogP) is 27.4. The number of phosphoric ester groups is 2. The van der Waals surface area contributed by atoms with Crippen molar-refractivity contribution in [1.82, 2.24) is 0 Å². The third kappa shape index (κ3) is 80.7. The van der Waals surface area contributed by atoms with E-state index in [0.29, 0.717) is 25.7 Å². The molecule has 0 aliphatic heterocycles. The lowest BCUT2D eigenvalue weighted by Crippen LogP contribution is -2.30. The van der Waals surface area contributed by atoms with E-state index in [9.17, 15) is 43.2 Å². The van der Waals surface area contributed by atoms with Crippen molar-refractivity contribution in [2.45, 2.75) is 496 Å². The first-order valence-corrected chi connectivity index (χ1v) is 49.0. The number of unbranched alkanes of at least 4 members (excludes halogenated alkanes) is 57. The van der Waals surface area contributed by atoms with Crippen LogP contribution >= 0.6 is 15.6 Å². The number of aliphatic hydroxyl groups is 1. The van der Waals surface area contributed by atoms with E-state index in [0.717, 1.165) is 102 Å². The summed E-state index contributed by atoms with van der Waals surface area (Å²) >= 11 is 0. The normalized spacial score (nSPS) is 14.0. The van der Waals surface area contributed by atoms with Gasteiger partial charge in [0.05, 0.1) is 26.4 Å². The molecule has 0 aromatic carbocycles. The van der Waals surface area contributed by atoms with Gasteiger partial charge in [-0.2, -0.15) is 0 Å². The molecule has 0 amide bonds. The van der Waals surface area contributed by atoms with Crippen molar-refractivity contribution in [2.75, 3.05) is 39.6 Å². The van der Waals surface area contributed by atoms with Crippen LogP contribution in [0, 0.1) is 11.8 Å². The molecule has 0 aliphatic carbocycles. The minimum Gasteiger partial charge on any atom is -0.462 e. The van der Waals surface area contributed by atoms with Gasteiger partial charge in [0.1, 0.15) is 19.3 Å². The van der Waals surface area contributed by atoms with E-state index in [2.05, 4.69) is 41.5 Å². The Labute approximate surface area is 664 Å². The van der Waals surface area contributed by atoms with Crippen molar-refractivity contribution in [1.29, 1.82) is 0 Å². The molecule has 0 aliphatic rings. The van der Waals surface area contributed by atoms with Gasteiger partial charge in [0.25, 0.3) is 0 Å². The minimum absolute atomic E-state index is 0.108. The summed E-state index contributed by atoms with van der Waals surface area (Å²) in [5.74, 6) is -0.484. The smallest absolute Gasteiger partial charge is 0.462 e. The molecule has 0 aromatic heterocycles. The van der Waals surface area contributed by atoms with E-state index in [1.807, 2.05) is 0 Å². The molecule has 0 spiro atoms. The second-order valence-electron chi connectivity index (χ2n) is 32.7. The van der Waals surface area contributed by atoms with Crippen molar-refractivity contribution >= 4 is 39.5 Å². The summed E-state index contributed by atoms with van der Waals surface area (Å²) in [5, 5.41) is 10.7. The molecule has 0 saturated carbocycles. The molecule has 17 nitrogen and oxygen atoms in total. The summed E-state index contributed by atoms with van der Waals surface area (Å²) in [4.78, 5) is 73.3. The fourth-order valence-electron chi connectivity index (χ4n) is 13.9. The Morgan fingerprint density at radius 3 is 0.704 bits per heavy atom. The number of phosphoric acid groups is 2. The van der Waals surface area contributed by atoms with Gasteiger partial charge >= 0.3 is 39.5 Å². The summed E-state index contributed by atoms with van der Waals surface area (Å²) in [5.41, 5.74) is 0. The molecule has 0 aromatic rings. The molecule has 19 heteroatoms. The highest BCUT2D eigenvalue weighted by molar-refractivity contribution is 7.47. The van der Waals surface area contributed by atoms with Crippen LogP contribution in [0.2, 0.25) is 0 Å². The Morgan fingerprint density at radius 1 is 0.269 bits per heavy atom. The second kappa shape index (κ2) is 80.3. The summed E-state index contributed by atoms with van der Waals surface area (Å²) in [6, 6.07) is 0. The number of hydrogen-bond donors (Lipinski definition) is 3. The van der Waals surface area contributed by atoms with Crippen LogP contribution in [-0.4, -0.2) is 96.7 Å². The molecular weight excluding hydrogens is 1400 g/mol. The van der Waals surface area contributed by atoms with E-state index in [1.165, 1.54) is 295 Å². The molecule has 0 saturated heterocycles. The molecule has 0 bridgehead atoms. The van der Waals surface area contributed by atoms with Gasteiger partial charge in [-0.05, 0) is 37.5 Å². The zero-order valence-electron chi connectivity index (χ0n) is 71.2. The predicted molar refractivity (Wildman–Crippen MR) is 446 cm³/mol. The molecule has 0 rings (SSSR count). The van der Waals surface area contributed by atoms with Crippen LogP contribution < -0.4 is 0 Å². The number of hydrogen-bond acceptors (Lipinski definition) is 15. The number of carbonyl (C=O) groups excluding carboxylic acids is 4. The monoisotopic (exact) mass is 1580 g/mol. The average molecular weight is 1580 g/mol. The lowest BCUT2D eigenvalue weighted by Gasteiger charge is -2.21.